The van der Waals surface area contributed by atoms with Gasteiger partial charge < -0.3 is 14.4 Å². The molecule has 0 amide bonds. The predicted octanol–water partition coefficient (Wildman–Crippen LogP) is 5.12. The first-order chi connectivity index (χ1) is 16.9. The van der Waals surface area contributed by atoms with Crippen LogP contribution in [0.3, 0.4) is 0 Å². The highest BCUT2D eigenvalue weighted by Gasteiger charge is 2.21. The van der Waals surface area contributed by atoms with Gasteiger partial charge >= 0.3 is 0 Å². The average Bonchev–Trinajstić information content (AvgIpc) is 3.46. The second kappa shape index (κ2) is 10.8. The summed E-state index contributed by atoms with van der Waals surface area (Å²) in [5.41, 5.74) is 2.66. The minimum atomic E-state index is -0.557. The van der Waals surface area contributed by atoms with Crippen LogP contribution < -0.4 is 4.74 Å². The van der Waals surface area contributed by atoms with Gasteiger partial charge in [-0.15, -0.1) is 11.3 Å². The fourth-order valence-electron chi connectivity index (χ4n) is 4.19. The first-order valence-electron chi connectivity index (χ1n) is 11.5. The maximum absolute atomic E-state index is 10.5. The van der Waals surface area contributed by atoms with Gasteiger partial charge in [0, 0.05) is 57.0 Å². The van der Waals surface area contributed by atoms with Crippen molar-refractivity contribution in [2.24, 2.45) is 0 Å². The lowest BCUT2D eigenvalue weighted by molar-refractivity contribution is 0.0442. The molecule has 1 saturated heterocycles. The van der Waals surface area contributed by atoms with Crippen molar-refractivity contribution < 1.29 is 14.4 Å². The quantitative estimate of drug-likeness (QED) is 0.337. The third-order valence-electron chi connectivity index (χ3n) is 5.99. The number of nitrogens with zero attached hydrogens (tertiary/aromatic N) is 4. The van der Waals surface area contributed by atoms with Crippen molar-refractivity contribution in [1.82, 2.24) is 19.9 Å². The summed E-state index contributed by atoms with van der Waals surface area (Å²) in [6.45, 7) is 7.07. The van der Waals surface area contributed by atoms with Crippen LogP contribution in [-0.2, 0) is 6.54 Å². The van der Waals surface area contributed by atoms with E-state index < -0.39 is 6.10 Å². The average molecular weight is 533 g/mol. The highest BCUT2D eigenvalue weighted by Crippen LogP contribution is 2.29. The SMILES string of the molecule is Cc1nc2cc(OCC(O)CN3CCN(Cc4cc(-c5ccc(Cl)c(Cl)c5)on4)CC3)ccc2s1. The van der Waals surface area contributed by atoms with Gasteiger partial charge in [0.2, 0.25) is 0 Å². The molecule has 0 aliphatic carbocycles. The van der Waals surface area contributed by atoms with Gasteiger partial charge in [0.05, 0.1) is 31.0 Å². The molecule has 35 heavy (non-hydrogen) atoms. The van der Waals surface area contributed by atoms with Gasteiger partial charge in [0.25, 0.3) is 0 Å². The summed E-state index contributed by atoms with van der Waals surface area (Å²) in [7, 11) is 0. The van der Waals surface area contributed by atoms with Crippen LogP contribution in [0.4, 0.5) is 0 Å². The Morgan fingerprint density at radius 2 is 1.86 bits per heavy atom. The number of aliphatic hydroxyl groups excluding tert-OH is 1. The Hall–Kier alpha value is -2.20. The van der Waals surface area contributed by atoms with Gasteiger partial charge in [-0.25, -0.2) is 4.98 Å². The fourth-order valence-corrected chi connectivity index (χ4v) is 5.29. The number of aromatic nitrogens is 2. The van der Waals surface area contributed by atoms with Crippen molar-refractivity contribution in [1.29, 1.82) is 0 Å². The molecular formula is C25H26Cl2N4O3S. The molecule has 3 heterocycles. The molecule has 1 unspecified atom stereocenters. The molecule has 1 atom stereocenters. The smallest absolute Gasteiger partial charge is 0.167 e. The minimum Gasteiger partial charge on any atom is -0.491 e. The lowest BCUT2D eigenvalue weighted by Gasteiger charge is -2.35. The number of hydrogen-bond acceptors (Lipinski definition) is 8. The second-order valence-electron chi connectivity index (χ2n) is 8.72. The number of aryl methyl sites for hydroxylation is 1. The monoisotopic (exact) mass is 532 g/mol. The highest BCUT2D eigenvalue weighted by molar-refractivity contribution is 7.18. The van der Waals surface area contributed by atoms with E-state index in [4.69, 9.17) is 32.5 Å². The number of aliphatic hydroxyl groups is 1. The van der Waals surface area contributed by atoms with Gasteiger partial charge in [0.1, 0.15) is 18.5 Å². The van der Waals surface area contributed by atoms with Gasteiger partial charge in [-0.1, -0.05) is 28.4 Å². The van der Waals surface area contributed by atoms with Crippen molar-refractivity contribution in [3.8, 4) is 17.1 Å². The Morgan fingerprint density at radius 3 is 2.66 bits per heavy atom. The first kappa shape index (κ1) is 24.5. The number of fused-ring (bicyclic) bond motifs is 1. The molecule has 0 bridgehead atoms. The predicted molar refractivity (Wildman–Crippen MR) is 140 cm³/mol. The molecule has 4 aromatic rings. The Bertz CT molecular complexity index is 1300. The molecule has 0 saturated carbocycles. The topological polar surface area (TPSA) is 74.9 Å². The lowest BCUT2D eigenvalue weighted by atomic mass is 10.1. The molecule has 5 rings (SSSR count). The molecule has 0 radical (unpaired) electrons. The molecule has 10 heteroatoms. The van der Waals surface area contributed by atoms with Crippen LogP contribution in [0.2, 0.25) is 10.0 Å². The molecule has 7 nitrogen and oxygen atoms in total. The standard InChI is InChI=1S/C25H26Cl2N4O3S/c1-16-28-23-12-20(3-5-25(23)35-16)33-15-19(32)14-31-8-6-30(7-9-31)13-18-11-24(34-29-18)17-2-4-21(26)22(27)10-17/h2-5,10-12,19,32H,6-9,13-15H2,1H3. The first-order valence-corrected chi connectivity index (χ1v) is 13.0. The molecule has 1 fully saturated rings. The van der Waals surface area contributed by atoms with Gasteiger partial charge in [0.15, 0.2) is 5.76 Å². The summed E-state index contributed by atoms with van der Waals surface area (Å²) in [6.07, 6.45) is -0.557. The minimum absolute atomic E-state index is 0.255. The van der Waals surface area contributed by atoms with E-state index in [-0.39, 0.29) is 6.61 Å². The summed E-state index contributed by atoms with van der Waals surface area (Å²) in [4.78, 5) is 9.10. The summed E-state index contributed by atoms with van der Waals surface area (Å²) < 4.78 is 12.5. The van der Waals surface area contributed by atoms with Crippen LogP contribution in [0, 0.1) is 6.92 Å². The molecule has 2 aromatic carbocycles. The van der Waals surface area contributed by atoms with Crippen molar-refractivity contribution in [2.45, 2.75) is 19.6 Å². The maximum atomic E-state index is 10.5. The Balaban J connectivity index is 1.06. The summed E-state index contributed by atoms with van der Waals surface area (Å²) in [6, 6.07) is 13.2. The van der Waals surface area contributed by atoms with Crippen LogP contribution >= 0.6 is 34.5 Å². The van der Waals surface area contributed by atoms with E-state index in [9.17, 15) is 5.11 Å². The van der Waals surface area contributed by atoms with E-state index in [0.717, 1.165) is 58.4 Å². The molecule has 0 spiro atoms. The number of benzene rings is 2. The van der Waals surface area contributed by atoms with E-state index in [1.807, 2.05) is 37.3 Å². The van der Waals surface area contributed by atoms with Crippen LogP contribution in [-0.4, -0.2) is 70.5 Å². The van der Waals surface area contributed by atoms with Gasteiger partial charge in [-0.2, -0.15) is 0 Å². The van der Waals surface area contributed by atoms with Crippen LogP contribution in [0.1, 0.15) is 10.7 Å². The zero-order chi connectivity index (χ0) is 24.4. The normalized spacial score (nSPS) is 16.1. The third kappa shape index (κ3) is 6.14. The number of thiazole rings is 1. The van der Waals surface area contributed by atoms with E-state index >= 15 is 0 Å². The Kier molecular flexibility index (Phi) is 7.57. The zero-order valence-corrected chi connectivity index (χ0v) is 21.6. The molecule has 2 aromatic heterocycles. The van der Waals surface area contributed by atoms with Crippen LogP contribution in [0.25, 0.3) is 21.5 Å². The molecule has 1 aliphatic heterocycles. The number of halogens is 2. The Labute approximate surface area is 217 Å². The number of rotatable bonds is 8. The maximum Gasteiger partial charge on any atom is 0.167 e. The lowest BCUT2D eigenvalue weighted by Crippen LogP contribution is -2.48. The summed E-state index contributed by atoms with van der Waals surface area (Å²) in [5, 5.41) is 16.7. The van der Waals surface area contributed by atoms with Crippen LogP contribution in [0.5, 0.6) is 5.75 Å². The van der Waals surface area contributed by atoms with Crippen molar-refractivity contribution in [2.75, 3.05) is 39.3 Å². The summed E-state index contributed by atoms with van der Waals surface area (Å²) in [5.74, 6) is 1.41. The third-order valence-corrected chi connectivity index (χ3v) is 7.68. The number of ether oxygens (including phenoxy) is 1. The molecular weight excluding hydrogens is 507 g/mol. The van der Waals surface area contributed by atoms with Crippen LogP contribution in [0.15, 0.2) is 47.0 Å². The molecule has 184 valence electrons. The molecule has 1 aliphatic rings. The zero-order valence-electron chi connectivity index (χ0n) is 19.3. The van der Waals surface area contributed by atoms with Gasteiger partial charge in [-0.05, 0) is 37.3 Å². The van der Waals surface area contributed by atoms with E-state index in [0.29, 0.717) is 28.9 Å². The van der Waals surface area contributed by atoms with E-state index in [2.05, 4.69) is 19.9 Å². The van der Waals surface area contributed by atoms with Crippen molar-refractivity contribution in [3.05, 3.63) is 63.2 Å². The fraction of sp³-hybridized carbons (Fsp3) is 0.360. The Morgan fingerprint density at radius 1 is 1.06 bits per heavy atom. The van der Waals surface area contributed by atoms with E-state index in [1.165, 1.54) is 0 Å². The molecule has 1 N–H and O–H groups in total. The number of piperazine rings is 1. The van der Waals surface area contributed by atoms with Gasteiger partial charge in [-0.3, -0.25) is 9.80 Å². The number of β-amino-alcohol motifs (C(OH)–C–C–N with tert-alkyl or cyclic N) is 1. The second-order valence-corrected chi connectivity index (χ2v) is 10.8. The largest absolute Gasteiger partial charge is 0.491 e. The number of hydrogen-bond donors (Lipinski definition) is 1. The van der Waals surface area contributed by atoms with E-state index in [1.54, 1.807) is 23.5 Å². The van der Waals surface area contributed by atoms with Crippen molar-refractivity contribution in [3.63, 3.8) is 0 Å². The summed E-state index contributed by atoms with van der Waals surface area (Å²) >= 11 is 13.8. The highest BCUT2D eigenvalue weighted by atomic mass is 35.5. The van der Waals surface area contributed by atoms with Crippen molar-refractivity contribution >= 4 is 44.8 Å².